The highest BCUT2D eigenvalue weighted by Crippen LogP contribution is 2.21. The van der Waals surface area contributed by atoms with Crippen molar-refractivity contribution in [2.24, 2.45) is 0 Å². The van der Waals surface area contributed by atoms with Gasteiger partial charge in [-0.05, 0) is 31.9 Å². The normalized spacial score (nSPS) is 16.7. The zero-order valence-corrected chi connectivity index (χ0v) is 15.8. The molecule has 0 aromatic heterocycles. The summed E-state index contributed by atoms with van der Waals surface area (Å²) in [4.78, 5) is 59.0. The van der Waals surface area contributed by atoms with Crippen LogP contribution in [0.25, 0.3) is 0 Å². The van der Waals surface area contributed by atoms with Crippen molar-refractivity contribution >= 4 is 35.1 Å². The first kappa shape index (κ1) is 21.8. The minimum atomic E-state index is -1.11. The van der Waals surface area contributed by atoms with Crippen LogP contribution in [0.2, 0.25) is 0 Å². The third-order valence-electron chi connectivity index (χ3n) is 4.50. The Bertz CT molecular complexity index is 809. The molecular formula is C18H22N4O7. The molecule has 1 aromatic carbocycles. The van der Waals surface area contributed by atoms with Gasteiger partial charge in [0.1, 0.15) is 12.1 Å². The van der Waals surface area contributed by atoms with E-state index in [1.54, 1.807) is 0 Å². The van der Waals surface area contributed by atoms with E-state index >= 15 is 0 Å². The maximum atomic E-state index is 12.6. The molecule has 1 aliphatic heterocycles. The molecule has 1 fully saturated rings. The number of carboxylic acids is 1. The number of nitrogens with zero attached hydrogens (tertiary/aromatic N) is 2. The summed E-state index contributed by atoms with van der Waals surface area (Å²) in [6, 6.07) is 3.72. The highest BCUT2D eigenvalue weighted by molar-refractivity contribution is 5.98. The summed E-state index contributed by atoms with van der Waals surface area (Å²) in [5, 5.41) is 24.4. The third-order valence-corrected chi connectivity index (χ3v) is 4.50. The van der Waals surface area contributed by atoms with Crippen molar-refractivity contribution in [1.29, 1.82) is 0 Å². The van der Waals surface area contributed by atoms with Crippen LogP contribution in [-0.4, -0.2) is 57.2 Å². The molecule has 0 radical (unpaired) electrons. The zero-order chi connectivity index (χ0) is 21.6. The first-order chi connectivity index (χ1) is 13.7. The number of carbonyl (C=O) groups is 4. The van der Waals surface area contributed by atoms with Gasteiger partial charge < -0.3 is 20.6 Å². The Hall–Kier alpha value is -3.50. The summed E-state index contributed by atoms with van der Waals surface area (Å²) in [5.41, 5.74) is 0.267. The van der Waals surface area contributed by atoms with Crippen LogP contribution in [0, 0.1) is 10.1 Å². The molecule has 11 heteroatoms. The standard InChI is InChI=1S/C18H22N4O7/c1-11(19-15(23)8-9-16(24)25)18(27)21-10-2-3-14(21)17(26)20-12-4-6-13(7-5-12)22(28)29/h4-7,11,14H,2-3,8-10H2,1H3,(H,19,23)(H,20,26)(H,24,25). The zero-order valence-electron chi connectivity index (χ0n) is 15.8. The van der Waals surface area contributed by atoms with Crippen molar-refractivity contribution in [3.63, 3.8) is 0 Å². The Morgan fingerprint density at radius 2 is 1.90 bits per heavy atom. The molecule has 2 rings (SSSR count). The monoisotopic (exact) mass is 406 g/mol. The third kappa shape index (κ3) is 5.99. The minimum Gasteiger partial charge on any atom is -0.481 e. The molecule has 11 nitrogen and oxygen atoms in total. The van der Waals surface area contributed by atoms with Gasteiger partial charge in [-0.1, -0.05) is 0 Å². The Balaban J connectivity index is 1.96. The lowest BCUT2D eigenvalue weighted by Gasteiger charge is -2.27. The van der Waals surface area contributed by atoms with E-state index in [0.29, 0.717) is 25.1 Å². The van der Waals surface area contributed by atoms with Gasteiger partial charge in [0, 0.05) is 30.8 Å². The van der Waals surface area contributed by atoms with Crippen LogP contribution in [0.3, 0.4) is 0 Å². The van der Waals surface area contributed by atoms with Crippen molar-refractivity contribution in [1.82, 2.24) is 10.2 Å². The molecule has 2 atom stereocenters. The molecule has 29 heavy (non-hydrogen) atoms. The fourth-order valence-corrected chi connectivity index (χ4v) is 3.04. The summed E-state index contributed by atoms with van der Waals surface area (Å²) in [7, 11) is 0. The maximum Gasteiger partial charge on any atom is 0.303 e. The largest absolute Gasteiger partial charge is 0.481 e. The Kier molecular flexibility index (Phi) is 7.23. The van der Waals surface area contributed by atoms with Gasteiger partial charge in [-0.3, -0.25) is 29.3 Å². The van der Waals surface area contributed by atoms with Crippen molar-refractivity contribution in [2.45, 2.75) is 44.7 Å². The van der Waals surface area contributed by atoms with Crippen LogP contribution in [0.4, 0.5) is 11.4 Å². The summed E-state index contributed by atoms with van der Waals surface area (Å²) >= 11 is 0. The molecule has 1 aliphatic rings. The van der Waals surface area contributed by atoms with Crippen LogP contribution in [0.15, 0.2) is 24.3 Å². The molecule has 0 aliphatic carbocycles. The van der Waals surface area contributed by atoms with Crippen LogP contribution in [0.1, 0.15) is 32.6 Å². The van der Waals surface area contributed by atoms with Crippen molar-refractivity contribution < 1.29 is 29.2 Å². The van der Waals surface area contributed by atoms with Gasteiger partial charge in [-0.15, -0.1) is 0 Å². The summed E-state index contributed by atoms with van der Waals surface area (Å²) < 4.78 is 0. The Morgan fingerprint density at radius 3 is 2.48 bits per heavy atom. The van der Waals surface area contributed by atoms with Crippen molar-refractivity contribution in [3.05, 3.63) is 34.4 Å². The number of nitro benzene ring substituents is 1. The number of aliphatic carboxylic acids is 1. The summed E-state index contributed by atoms with van der Waals surface area (Å²) in [5.74, 6) is -2.52. The number of nitrogens with one attached hydrogen (secondary N) is 2. The number of hydrogen-bond donors (Lipinski definition) is 3. The molecule has 1 heterocycles. The minimum absolute atomic E-state index is 0.104. The topological polar surface area (TPSA) is 159 Å². The van der Waals surface area contributed by atoms with Gasteiger partial charge in [0.05, 0.1) is 11.3 Å². The molecule has 0 saturated carbocycles. The van der Waals surface area contributed by atoms with E-state index in [-0.39, 0.29) is 18.5 Å². The number of hydrogen-bond acceptors (Lipinski definition) is 6. The number of anilines is 1. The molecule has 1 saturated heterocycles. The number of non-ortho nitro benzene ring substituents is 1. The van der Waals surface area contributed by atoms with Gasteiger partial charge in [-0.2, -0.15) is 0 Å². The fourth-order valence-electron chi connectivity index (χ4n) is 3.04. The number of carbonyl (C=O) groups excluding carboxylic acids is 3. The summed E-state index contributed by atoms with van der Waals surface area (Å²) in [6.07, 6.45) is 0.488. The molecular weight excluding hydrogens is 384 g/mol. The van der Waals surface area contributed by atoms with E-state index < -0.39 is 40.7 Å². The van der Waals surface area contributed by atoms with Gasteiger partial charge in [0.15, 0.2) is 0 Å². The van der Waals surface area contributed by atoms with Crippen molar-refractivity contribution in [2.75, 3.05) is 11.9 Å². The predicted octanol–water partition coefficient (Wildman–Crippen LogP) is 0.894. The number of carboxylic acid groups (broad SMARTS) is 1. The molecule has 1 aromatic rings. The second kappa shape index (κ2) is 9.62. The van der Waals surface area contributed by atoms with Gasteiger partial charge in [0.2, 0.25) is 17.7 Å². The molecule has 0 bridgehead atoms. The van der Waals surface area contributed by atoms with E-state index in [2.05, 4.69) is 10.6 Å². The average Bonchev–Trinajstić information content (AvgIpc) is 3.16. The molecule has 0 spiro atoms. The number of likely N-dealkylation sites (tertiary alicyclic amines) is 1. The lowest BCUT2D eigenvalue weighted by molar-refractivity contribution is -0.384. The summed E-state index contributed by atoms with van der Waals surface area (Å²) in [6.45, 7) is 1.83. The smallest absolute Gasteiger partial charge is 0.303 e. The number of benzene rings is 1. The number of rotatable bonds is 8. The van der Waals surface area contributed by atoms with E-state index in [1.165, 1.54) is 36.1 Å². The predicted molar refractivity (Wildman–Crippen MR) is 101 cm³/mol. The van der Waals surface area contributed by atoms with Gasteiger partial charge in [-0.25, -0.2) is 0 Å². The van der Waals surface area contributed by atoms with E-state index in [1.807, 2.05) is 0 Å². The number of nitro groups is 1. The van der Waals surface area contributed by atoms with Gasteiger partial charge >= 0.3 is 5.97 Å². The van der Waals surface area contributed by atoms with Gasteiger partial charge in [0.25, 0.3) is 5.69 Å². The highest BCUT2D eigenvalue weighted by atomic mass is 16.6. The molecule has 3 N–H and O–H groups in total. The number of amides is 3. The van der Waals surface area contributed by atoms with E-state index in [4.69, 9.17) is 5.11 Å². The second-order valence-corrected chi connectivity index (χ2v) is 6.67. The second-order valence-electron chi connectivity index (χ2n) is 6.67. The van der Waals surface area contributed by atoms with E-state index in [9.17, 15) is 29.3 Å². The maximum absolute atomic E-state index is 12.6. The average molecular weight is 406 g/mol. The lowest BCUT2D eigenvalue weighted by Crippen LogP contribution is -2.51. The fraction of sp³-hybridized carbons (Fsp3) is 0.444. The molecule has 2 unspecified atom stereocenters. The molecule has 156 valence electrons. The van der Waals surface area contributed by atoms with E-state index in [0.717, 1.165) is 0 Å². The quantitative estimate of drug-likeness (QED) is 0.427. The SMILES string of the molecule is CC(NC(=O)CCC(=O)O)C(=O)N1CCCC1C(=O)Nc1ccc([N+](=O)[O-])cc1. The van der Waals surface area contributed by atoms with Crippen LogP contribution < -0.4 is 10.6 Å². The molecule has 3 amide bonds. The Labute approximate surface area is 166 Å². The van der Waals surface area contributed by atoms with Crippen LogP contribution in [0.5, 0.6) is 0 Å². The highest BCUT2D eigenvalue weighted by Gasteiger charge is 2.36. The lowest BCUT2D eigenvalue weighted by atomic mass is 10.1. The Morgan fingerprint density at radius 1 is 1.24 bits per heavy atom. The van der Waals surface area contributed by atoms with Crippen LogP contribution in [-0.2, 0) is 19.2 Å². The van der Waals surface area contributed by atoms with Crippen molar-refractivity contribution in [3.8, 4) is 0 Å². The first-order valence-electron chi connectivity index (χ1n) is 9.06. The first-order valence-corrected chi connectivity index (χ1v) is 9.06. The van der Waals surface area contributed by atoms with Crippen LogP contribution >= 0.6 is 0 Å².